The topological polar surface area (TPSA) is 61.5 Å². The number of esters is 1. The predicted molar refractivity (Wildman–Crippen MR) is 72.5 cm³/mol. The number of carbonyl (C=O) groups excluding carboxylic acids is 1. The van der Waals surface area contributed by atoms with Crippen molar-refractivity contribution in [1.82, 2.24) is 0 Å². The molecule has 0 radical (unpaired) electrons. The van der Waals surface area contributed by atoms with Gasteiger partial charge in [0.2, 0.25) is 0 Å². The third kappa shape index (κ3) is 4.45. The summed E-state index contributed by atoms with van der Waals surface area (Å²) >= 11 is 0. The van der Waals surface area contributed by atoms with Gasteiger partial charge in [0.15, 0.2) is 6.61 Å². The Morgan fingerprint density at radius 2 is 1.81 bits per heavy atom. The van der Waals surface area contributed by atoms with E-state index in [4.69, 9.17) is 15.2 Å². The normalized spacial score (nSPS) is 10.2. The SMILES string of the molecule is Nc1ccc(OCC(=O)OCc2ccc(F)cc2F)cc1. The smallest absolute Gasteiger partial charge is 0.344 e. The molecule has 0 heterocycles. The molecule has 0 fully saturated rings. The summed E-state index contributed by atoms with van der Waals surface area (Å²) in [5, 5.41) is 0. The lowest BCUT2D eigenvalue weighted by Gasteiger charge is -2.08. The van der Waals surface area contributed by atoms with Crippen LogP contribution >= 0.6 is 0 Å². The number of hydrogen-bond donors (Lipinski definition) is 1. The van der Waals surface area contributed by atoms with Gasteiger partial charge in [0.05, 0.1) is 0 Å². The van der Waals surface area contributed by atoms with Crippen LogP contribution < -0.4 is 10.5 Å². The van der Waals surface area contributed by atoms with Crippen LogP contribution in [0.5, 0.6) is 5.75 Å². The molecule has 2 rings (SSSR count). The fraction of sp³-hybridized carbons (Fsp3) is 0.133. The molecule has 110 valence electrons. The summed E-state index contributed by atoms with van der Waals surface area (Å²) in [5.74, 6) is -1.64. The van der Waals surface area contributed by atoms with Gasteiger partial charge in [-0.1, -0.05) is 0 Å². The molecule has 0 aliphatic rings. The maximum absolute atomic E-state index is 13.3. The Morgan fingerprint density at radius 1 is 1.10 bits per heavy atom. The minimum atomic E-state index is -0.762. The summed E-state index contributed by atoms with van der Waals surface area (Å²) in [6.45, 7) is -0.594. The Balaban J connectivity index is 1.80. The van der Waals surface area contributed by atoms with Crippen LogP contribution in [0, 0.1) is 11.6 Å². The molecule has 0 atom stereocenters. The zero-order valence-electron chi connectivity index (χ0n) is 11.0. The van der Waals surface area contributed by atoms with Gasteiger partial charge in [-0.3, -0.25) is 0 Å². The number of carbonyl (C=O) groups is 1. The van der Waals surface area contributed by atoms with Gasteiger partial charge < -0.3 is 15.2 Å². The van der Waals surface area contributed by atoms with E-state index in [-0.39, 0.29) is 18.8 Å². The van der Waals surface area contributed by atoms with Crippen LogP contribution in [0.1, 0.15) is 5.56 Å². The number of rotatable bonds is 5. The molecule has 0 aromatic heterocycles. The van der Waals surface area contributed by atoms with E-state index in [1.165, 1.54) is 6.07 Å². The molecule has 4 nitrogen and oxygen atoms in total. The number of hydrogen-bond acceptors (Lipinski definition) is 4. The number of nitrogen functional groups attached to an aromatic ring is 1. The van der Waals surface area contributed by atoms with Crippen LogP contribution in [0.2, 0.25) is 0 Å². The molecule has 2 N–H and O–H groups in total. The lowest BCUT2D eigenvalue weighted by atomic mass is 10.2. The largest absolute Gasteiger partial charge is 0.482 e. The van der Waals surface area contributed by atoms with Crippen LogP contribution in [0.4, 0.5) is 14.5 Å². The van der Waals surface area contributed by atoms with Gasteiger partial charge in [0.25, 0.3) is 0 Å². The van der Waals surface area contributed by atoms with Gasteiger partial charge in [-0.15, -0.1) is 0 Å². The molecule has 0 spiro atoms. The van der Waals surface area contributed by atoms with Crippen LogP contribution in [-0.2, 0) is 16.1 Å². The van der Waals surface area contributed by atoms with E-state index in [2.05, 4.69) is 0 Å². The number of nitrogens with two attached hydrogens (primary N) is 1. The van der Waals surface area contributed by atoms with Crippen molar-refractivity contribution >= 4 is 11.7 Å². The highest BCUT2D eigenvalue weighted by Gasteiger charge is 2.08. The second-order valence-electron chi connectivity index (χ2n) is 4.25. The molecule has 0 aliphatic heterocycles. The quantitative estimate of drug-likeness (QED) is 0.680. The molecule has 2 aromatic carbocycles. The first-order valence-corrected chi connectivity index (χ1v) is 6.12. The fourth-order valence-electron chi connectivity index (χ4n) is 1.54. The Kier molecular flexibility index (Phi) is 4.71. The highest BCUT2D eigenvalue weighted by atomic mass is 19.1. The molecule has 0 saturated carbocycles. The second-order valence-corrected chi connectivity index (χ2v) is 4.25. The molecule has 0 amide bonds. The summed E-state index contributed by atoms with van der Waals surface area (Å²) in [5.41, 5.74) is 6.19. The van der Waals surface area contributed by atoms with Crippen molar-refractivity contribution in [2.45, 2.75) is 6.61 Å². The standard InChI is InChI=1S/C15H13F2NO3/c16-11-2-1-10(14(17)7-11)8-21-15(19)9-20-13-5-3-12(18)4-6-13/h1-7H,8-9,18H2. The average Bonchev–Trinajstić information content (AvgIpc) is 2.46. The van der Waals surface area contributed by atoms with Crippen molar-refractivity contribution in [1.29, 1.82) is 0 Å². The van der Waals surface area contributed by atoms with Gasteiger partial charge in [0, 0.05) is 17.3 Å². The maximum Gasteiger partial charge on any atom is 0.344 e. The maximum atomic E-state index is 13.3. The van der Waals surface area contributed by atoms with E-state index in [1.807, 2.05) is 0 Å². The van der Waals surface area contributed by atoms with E-state index in [1.54, 1.807) is 24.3 Å². The van der Waals surface area contributed by atoms with E-state index in [0.717, 1.165) is 12.1 Å². The lowest BCUT2D eigenvalue weighted by Crippen LogP contribution is -2.15. The molecule has 6 heteroatoms. The zero-order valence-corrected chi connectivity index (χ0v) is 11.0. The van der Waals surface area contributed by atoms with Crippen molar-refractivity contribution in [2.75, 3.05) is 12.3 Å². The highest BCUT2D eigenvalue weighted by molar-refractivity contribution is 5.71. The molecule has 0 saturated heterocycles. The molecule has 2 aromatic rings. The van der Waals surface area contributed by atoms with Gasteiger partial charge in [-0.2, -0.15) is 0 Å². The lowest BCUT2D eigenvalue weighted by molar-refractivity contribution is -0.147. The molecular weight excluding hydrogens is 280 g/mol. The Hall–Kier alpha value is -2.63. The fourth-order valence-corrected chi connectivity index (χ4v) is 1.54. The third-order valence-corrected chi connectivity index (χ3v) is 2.64. The summed E-state index contributed by atoms with van der Waals surface area (Å²) < 4.78 is 36.0. The zero-order chi connectivity index (χ0) is 15.2. The minimum Gasteiger partial charge on any atom is -0.482 e. The summed E-state index contributed by atoms with van der Waals surface area (Å²) in [4.78, 5) is 11.5. The first-order chi connectivity index (χ1) is 10.0. The number of ether oxygens (including phenoxy) is 2. The number of halogens is 2. The van der Waals surface area contributed by atoms with Crippen molar-refractivity contribution in [2.24, 2.45) is 0 Å². The average molecular weight is 293 g/mol. The molecule has 0 bridgehead atoms. The molecule has 21 heavy (non-hydrogen) atoms. The van der Waals surface area contributed by atoms with Gasteiger partial charge >= 0.3 is 5.97 Å². The Labute approximate surface area is 120 Å². The molecule has 0 unspecified atom stereocenters. The molecule has 0 aliphatic carbocycles. The Morgan fingerprint density at radius 3 is 2.48 bits per heavy atom. The summed E-state index contributed by atoms with van der Waals surface area (Å²) in [7, 11) is 0. The van der Waals surface area contributed by atoms with Crippen LogP contribution in [0.25, 0.3) is 0 Å². The monoisotopic (exact) mass is 293 g/mol. The second kappa shape index (κ2) is 6.69. The summed E-state index contributed by atoms with van der Waals surface area (Å²) in [6, 6.07) is 9.54. The third-order valence-electron chi connectivity index (χ3n) is 2.64. The van der Waals surface area contributed by atoms with Crippen molar-refractivity contribution in [3.8, 4) is 5.75 Å². The van der Waals surface area contributed by atoms with E-state index in [9.17, 15) is 13.6 Å². The van der Waals surface area contributed by atoms with E-state index >= 15 is 0 Å². The van der Waals surface area contributed by atoms with Crippen LogP contribution in [0.3, 0.4) is 0 Å². The number of anilines is 1. The van der Waals surface area contributed by atoms with Gasteiger partial charge in [0.1, 0.15) is 24.0 Å². The summed E-state index contributed by atoms with van der Waals surface area (Å²) in [6.07, 6.45) is 0. The van der Waals surface area contributed by atoms with Crippen molar-refractivity contribution < 1.29 is 23.0 Å². The predicted octanol–water partition coefficient (Wildman–Crippen LogP) is 2.67. The Bertz CT molecular complexity index is 629. The first kappa shape index (κ1) is 14.8. The number of benzene rings is 2. The van der Waals surface area contributed by atoms with Crippen LogP contribution in [-0.4, -0.2) is 12.6 Å². The highest BCUT2D eigenvalue weighted by Crippen LogP contribution is 2.13. The van der Waals surface area contributed by atoms with Crippen molar-refractivity contribution in [3.63, 3.8) is 0 Å². The minimum absolute atomic E-state index is 0.0947. The van der Waals surface area contributed by atoms with Crippen LogP contribution in [0.15, 0.2) is 42.5 Å². The van der Waals surface area contributed by atoms with E-state index in [0.29, 0.717) is 11.4 Å². The first-order valence-electron chi connectivity index (χ1n) is 6.12. The van der Waals surface area contributed by atoms with Crippen molar-refractivity contribution in [3.05, 3.63) is 59.7 Å². The van der Waals surface area contributed by atoms with Gasteiger partial charge in [-0.25, -0.2) is 13.6 Å². The molecular formula is C15H13F2NO3. The van der Waals surface area contributed by atoms with E-state index < -0.39 is 17.6 Å². The van der Waals surface area contributed by atoms with Gasteiger partial charge in [-0.05, 0) is 36.4 Å².